The van der Waals surface area contributed by atoms with E-state index < -0.39 is 0 Å². The van der Waals surface area contributed by atoms with Crippen molar-refractivity contribution in [1.82, 2.24) is 14.1 Å². The van der Waals surface area contributed by atoms with Crippen LogP contribution in [-0.2, 0) is 13.6 Å². The van der Waals surface area contributed by atoms with Gasteiger partial charge in [-0.2, -0.15) is 0 Å². The minimum absolute atomic E-state index is 0.864. The van der Waals surface area contributed by atoms with Crippen LogP contribution in [0.25, 0.3) is 10.9 Å². The Bertz CT molecular complexity index is 661. The van der Waals surface area contributed by atoms with E-state index in [-0.39, 0.29) is 0 Å². The van der Waals surface area contributed by atoms with Gasteiger partial charge in [0.15, 0.2) is 0 Å². The Kier molecular flexibility index (Phi) is 2.25. The Labute approximate surface area is 100 Å². The lowest BCUT2D eigenvalue weighted by molar-refractivity contribution is 0.743. The van der Waals surface area contributed by atoms with Gasteiger partial charge in [0.2, 0.25) is 0 Å². The molecule has 0 unspecified atom stereocenters. The third-order valence-electron chi connectivity index (χ3n) is 3.18. The minimum atomic E-state index is 0.864. The summed E-state index contributed by atoms with van der Waals surface area (Å²) in [5, 5.41) is 1.30. The summed E-state index contributed by atoms with van der Waals surface area (Å²) in [5.41, 5.74) is 3.79. The van der Waals surface area contributed by atoms with Crippen molar-refractivity contribution in [3.05, 3.63) is 54.2 Å². The zero-order valence-corrected chi connectivity index (χ0v) is 10.1. The lowest BCUT2D eigenvalue weighted by Gasteiger charge is -2.06. The Hall–Kier alpha value is -2.03. The van der Waals surface area contributed by atoms with Crippen molar-refractivity contribution >= 4 is 10.9 Å². The molecule has 0 bridgehead atoms. The van der Waals surface area contributed by atoms with Gasteiger partial charge in [-0.1, -0.05) is 11.6 Å². The molecule has 3 nitrogen and oxygen atoms in total. The van der Waals surface area contributed by atoms with E-state index in [0.717, 1.165) is 6.54 Å². The molecule has 0 aliphatic heterocycles. The number of fused-ring (bicyclic) bond motifs is 1. The van der Waals surface area contributed by atoms with Crippen molar-refractivity contribution in [2.24, 2.45) is 7.05 Å². The molecule has 3 heteroatoms. The molecule has 0 fully saturated rings. The Morgan fingerprint density at radius 3 is 2.88 bits per heavy atom. The zero-order chi connectivity index (χ0) is 11.8. The second kappa shape index (κ2) is 3.77. The summed E-state index contributed by atoms with van der Waals surface area (Å²) in [4.78, 5) is 4.15. The molecule has 3 rings (SSSR count). The first kappa shape index (κ1) is 10.1. The van der Waals surface area contributed by atoms with Crippen LogP contribution in [0.5, 0.6) is 0 Å². The highest BCUT2D eigenvalue weighted by atomic mass is 15.1. The maximum atomic E-state index is 4.15. The highest BCUT2D eigenvalue weighted by Crippen LogP contribution is 2.18. The maximum absolute atomic E-state index is 4.15. The molecule has 0 amide bonds. The van der Waals surface area contributed by atoms with E-state index >= 15 is 0 Å². The number of benzene rings is 1. The van der Waals surface area contributed by atoms with Crippen LogP contribution in [0, 0.1) is 6.92 Å². The van der Waals surface area contributed by atoms with E-state index in [9.17, 15) is 0 Å². The van der Waals surface area contributed by atoms with Gasteiger partial charge in [0, 0.05) is 25.0 Å². The third-order valence-corrected chi connectivity index (χ3v) is 3.18. The molecule has 0 aliphatic rings. The predicted molar refractivity (Wildman–Crippen MR) is 69.0 cm³/mol. The number of imidazole rings is 1. The number of hydrogen-bond donors (Lipinski definition) is 0. The molecule has 2 aromatic heterocycles. The van der Waals surface area contributed by atoms with Gasteiger partial charge in [0.1, 0.15) is 0 Å². The molecule has 0 N–H and O–H groups in total. The maximum Gasteiger partial charge on any atom is 0.0946 e. The van der Waals surface area contributed by atoms with E-state index in [4.69, 9.17) is 0 Å². The van der Waals surface area contributed by atoms with Gasteiger partial charge < -0.3 is 9.13 Å². The quantitative estimate of drug-likeness (QED) is 0.657. The van der Waals surface area contributed by atoms with Gasteiger partial charge in [-0.05, 0) is 30.5 Å². The van der Waals surface area contributed by atoms with Crippen molar-refractivity contribution in [3.63, 3.8) is 0 Å². The van der Waals surface area contributed by atoms with E-state index in [0.29, 0.717) is 0 Å². The average molecular weight is 225 g/mol. The van der Waals surface area contributed by atoms with E-state index in [1.165, 1.54) is 22.2 Å². The van der Waals surface area contributed by atoms with E-state index in [1.54, 1.807) is 0 Å². The van der Waals surface area contributed by atoms with Crippen LogP contribution in [0.3, 0.4) is 0 Å². The number of aryl methyl sites for hydroxylation is 2. The van der Waals surface area contributed by atoms with Crippen LogP contribution in [0.15, 0.2) is 43.0 Å². The smallest absolute Gasteiger partial charge is 0.0946 e. The first-order chi connectivity index (χ1) is 8.24. The Morgan fingerprint density at radius 1 is 1.24 bits per heavy atom. The van der Waals surface area contributed by atoms with Crippen LogP contribution in [0.2, 0.25) is 0 Å². The van der Waals surface area contributed by atoms with Gasteiger partial charge >= 0.3 is 0 Å². The summed E-state index contributed by atoms with van der Waals surface area (Å²) < 4.78 is 4.31. The first-order valence-corrected chi connectivity index (χ1v) is 5.75. The highest BCUT2D eigenvalue weighted by molar-refractivity contribution is 5.80. The summed E-state index contributed by atoms with van der Waals surface area (Å²) in [6.45, 7) is 2.99. The molecule has 0 atom stereocenters. The molecule has 0 radical (unpaired) electrons. The summed E-state index contributed by atoms with van der Waals surface area (Å²) >= 11 is 0. The largest absolute Gasteiger partial charge is 0.341 e. The molecule has 86 valence electrons. The molecule has 1 aromatic carbocycles. The van der Waals surface area contributed by atoms with Crippen LogP contribution in [0.1, 0.15) is 11.3 Å². The Morgan fingerprint density at radius 2 is 2.12 bits per heavy atom. The monoisotopic (exact) mass is 225 g/mol. The summed E-state index contributed by atoms with van der Waals surface area (Å²) in [7, 11) is 2.03. The fourth-order valence-electron chi connectivity index (χ4n) is 2.17. The zero-order valence-electron chi connectivity index (χ0n) is 10.1. The minimum Gasteiger partial charge on any atom is -0.341 e. The lowest BCUT2D eigenvalue weighted by atomic mass is 10.2. The SMILES string of the molecule is Cc1ccc2c(ccn2Cc2cncn2C)c1. The first-order valence-electron chi connectivity index (χ1n) is 5.75. The van der Waals surface area contributed by atoms with E-state index in [1.807, 2.05) is 19.6 Å². The normalized spacial score (nSPS) is 11.2. The van der Waals surface area contributed by atoms with Gasteiger partial charge in [0.05, 0.1) is 18.6 Å². The standard InChI is InChI=1S/C14H15N3/c1-11-3-4-14-12(7-11)5-6-17(14)9-13-8-15-10-16(13)2/h3-8,10H,9H2,1-2H3. The molecule has 0 aliphatic carbocycles. The number of hydrogen-bond acceptors (Lipinski definition) is 1. The predicted octanol–water partition coefficient (Wildman–Crippen LogP) is 2.73. The lowest BCUT2D eigenvalue weighted by Crippen LogP contribution is -2.02. The van der Waals surface area contributed by atoms with Crippen LogP contribution < -0.4 is 0 Å². The molecule has 2 heterocycles. The number of rotatable bonds is 2. The molecular formula is C14H15N3. The summed E-state index contributed by atoms with van der Waals surface area (Å²) in [6, 6.07) is 8.72. The van der Waals surface area contributed by atoms with Crippen molar-refractivity contribution < 1.29 is 0 Å². The second-order valence-corrected chi connectivity index (χ2v) is 4.50. The van der Waals surface area contributed by atoms with Crippen molar-refractivity contribution in [2.45, 2.75) is 13.5 Å². The molecule has 0 spiro atoms. The number of nitrogens with zero attached hydrogens (tertiary/aromatic N) is 3. The number of aromatic nitrogens is 3. The van der Waals surface area contributed by atoms with Crippen molar-refractivity contribution in [3.8, 4) is 0 Å². The van der Waals surface area contributed by atoms with Crippen LogP contribution >= 0.6 is 0 Å². The molecule has 17 heavy (non-hydrogen) atoms. The van der Waals surface area contributed by atoms with Crippen LogP contribution in [0.4, 0.5) is 0 Å². The third kappa shape index (κ3) is 1.73. The Balaban J connectivity index is 2.04. The van der Waals surface area contributed by atoms with Crippen LogP contribution in [-0.4, -0.2) is 14.1 Å². The van der Waals surface area contributed by atoms with Gasteiger partial charge in [-0.3, -0.25) is 0 Å². The van der Waals surface area contributed by atoms with Gasteiger partial charge in [-0.15, -0.1) is 0 Å². The summed E-state index contributed by atoms with van der Waals surface area (Å²) in [6.07, 6.45) is 5.89. The molecule has 0 saturated heterocycles. The average Bonchev–Trinajstić information content (AvgIpc) is 2.87. The highest BCUT2D eigenvalue weighted by Gasteiger charge is 2.04. The topological polar surface area (TPSA) is 22.8 Å². The molecule has 0 saturated carbocycles. The van der Waals surface area contributed by atoms with Crippen molar-refractivity contribution in [2.75, 3.05) is 0 Å². The molecular weight excluding hydrogens is 210 g/mol. The molecule has 3 aromatic rings. The van der Waals surface area contributed by atoms with Gasteiger partial charge in [0.25, 0.3) is 0 Å². The fraction of sp³-hybridized carbons (Fsp3) is 0.214. The fourth-order valence-corrected chi connectivity index (χ4v) is 2.17. The van der Waals surface area contributed by atoms with Crippen molar-refractivity contribution in [1.29, 1.82) is 0 Å². The van der Waals surface area contributed by atoms with Gasteiger partial charge in [-0.25, -0.2) is 4.98 Å². The summed E-state index contributed by atoms with van der Waals surface area (Å²) in [5.74, 6) is 0. The second-order valence-electron chi connectivity index (χ2n) is 4.50. The van der Waals surface area contributed by atoms with E-state index in [2.05, 4.69) is 51.5 Å².